The molecular weight excluding hydrogens is 535 g/mol. The van der Waals surface area contributed by atoms with Crippen LogP contribution >= 0.6 is 0 Å². The summed E-state index contributed by atoms with van der Waals surface area (Å²) in [6.07, 6.45) is 3.26. The summed E-state index contributed by atoms with van der Waals surface area (Å²) in [4.78, 5) is 18.8. The molecule has 0 amide bonds. The van der Waals surface area contributed by atoms with E-state index in [1.165, 1.54) is 19.2 Å². The van der Waals surface area contributed by atoms with E-state index in [-0.39, 0.29) is 29.9 Å². The number of aromatic nitrogens is 2. The topological polar surface area (TPSA) is 77.7 Å². The van der Waals surface area contributed by atoms with Crippen molar-refractivity contribution >= 4 is 11.8 Å². The maximum Gasteiger partial charge on any atom is 0.417 e. The first kappa shape index (κ1) is 26.5. The number of ether oxygens (including phenoxy) is 2. The quantitative estimate of drug-likeness (QED) is 0.297. The number of nitrogens with zero attached hydrogens (tertiary/aromatic N) is 3. The van der Waals surface area contributed by atoms with Gasteiger partial charge in [-0.25, -0.2) is 9.78 Å². The van der Waals surface area contributed by atoms with E-state index in [4.69, 9.17) is 14.0 Å². The molecule has 4 fully saturated rings. The first-order chi connectivity index (χ1) is 19.8. The van der Waals surface area contributed by atoms with Gasteiger partial charge in [-0.2, -0.15) is 13.2 Å². The molecule has 1 aromatic carbocycles. The van der Waals surface area contributed by atoms with Crippen LogP contribution in [0.4, 0.5) is 19.0 Å². The van der Waals surface area contributed by atoms with Gasteiger partial charge in [0.15, 0.2) is 0 Å². The van der Waals surface area contributed by atoms with Crippen molar-refractivity contribution in [3.8, 4) is 11.3 Å². The van der Waals surface area contributed by atoms with Crippen LogP contribution in [0.15, 0.2) is 47.1 Å². The highest BCUT2D eigenvalue weighted by molar-refractivity contribution is 5.89. The molecule has 3 aliphatic carbocycles. The summed E-state index contributed by atoms with van der Waals surface area (Å²) in [5.41, 5.74) is 0.655. The summed E-state index contributed by atoms with van der Waals surface area (Å²) in [5, 5.41) is 4.14. The molecule has 41 heavy (non-hydrogen) atoms. The molecule has 7 nitrogen and oxygen atoms in total. The predicted molar refractivity (Wildman–Crippen MR) is 143 cm³/mol. The van der Waals surface area contributed by atoms with Crippen molar-refractivity contribution < 1.29 is 32.0 Å². The minimum atomic E-state index is -4.49. The second-order valence-electron chi connectivity index (χ2n) is 11.8. The fourth-order valence-electron chi connectivity index (χ4n) is 7.25. The molecule has 3 heterocycles. The van der Waals surface area contributed by atoms with Crippen LogP contribution in [0.5, 0.6) is 0 Å². The van der Waals surface area contributed by atoms with Gasteiger partial charge in [0.05, 0.1) is 30.9 Å². The van der Waals surface area contributed by atoms with Crippen LogP contribution in [0.3, 0.4) is 0 Å². The number of fused-ring (bicyclic) bond motifs is 4. The van der Waals surface area contributed by atoms with Gasteiger partial charge in [-0.3, -0.25) is 0 Å². The molecule has 4 aliphatic rings. The number of hydrogen-bond acceptors (Lipinski definition) is 7. The highest BCUT2D eigenvalue weighted by atomic mass is 19.4. The lowest BCUT2D eigenvalue weighted by molar-refractivity contribution is -0.137. The molecule has 3 saturated carbocycles. The number of carbonyl (C=O) groups is 1. The van der Waals surface area contributed by atoms with Gasteiger partial charge in [-0.1, -0.05) is 23.4 Å². The normalized spacial score (nSPS) is 27.2. The van der Waals surface area contributed by atoms with Crippen molar-refractivity contribution in [3.05, 3.63) is 65.0 Å². The van der Waals surface area contributed by atoms with Crippen LogP contribution in [-0.2, 0) is 22.3 Å². The highest BCUT2D eigenvalue weighted by Gasteiger charge is 2.59. The van der Waals surface area contributed by atoms with E-state index in [0.717, 1.165) is 57.0 Å². The lowest BCUT2D eigenvalue weighted by Gasteiger charge is -2.34. The van der Waals surface area contributed by atoms with Crippen LogP contribution in [0, 0.1) is 17.8 Å². The van der Waals surface area contributed by atoms with Gasteiger partial charge in [0.2, 0.25) is 0 Å². The maximum absolute atomic E-state index is 13.8. The molecule has 216 valence electrons. The summed E-state index contributed by atoms with van der Waals surface area (Å²) < 4.78 is 58.5. The number of methoxy groups -OCH3 is 1. The number of anilines is 1. The molecule has 5 unspecified atom stereocenters. The molecule has 7 rings (SSSR count). The second kappa shape index (κ2) is 10.2. The first-order valence-electron chi connectivity index (χ1n) is 14.4. The largest absolute Gasteiger partial charge is 0.465 e. The van der Waals surface area contributed by atoms with Crippen molar-refractivity contribution in [2.24, 2.45) is 17.8 Å². The van der Waals surface area contributed by atoms with Gasteiger partial charge in [-0.15, -0.1) is 0 Å². The maximum atomic E-state index is 13.8. The average molecular weight is 568 g/mol. The Morgan fingerprint density at radius 1 is 1.12 bits per heavy atom. The summed E-state index contributed by atoms with van der Waals surface area (Å²) in [6, 6.07) is 9.54. The Hall–Kier alpha value is -3.40. The first-order valence-corrected chi connectivity index (χ1v) is 14.4. The zero-order valence-corrected chi connectivity index (χ0v) is 22.8. The zero-order valence-electron chi connectivity index (χ0n) is 22.8. The Morgan fingerprint density at radius 3 is 2.68 bits per heavy atom. The number of esters is 1. The van der Waals surface area contributed by atoms with E-state index in [0.29, 0.717) is 40.7 Å². The summed E-state index contributed by atoms with van der Waals surface area (Å²) in [6.45, 7) is 1.12. The summed E-state index contributed by atoms with van der Waals surface area (Å²) in [5.74, 6) is 2.75. The fraction of sp³-hybridized carbons (Fsp3) is 0.516. The van der Waals surface area contributed by atoms with E-state index in [9.17, 15) is 18.0 Å². The van der Waals surface area contributed by atoms with Crippen molar-refractivity contribution in [1.82, 2.24) is 10.1 Å². The summed E-state index contributed by atoms with van der Waals surface area (Å²) in [7, 11) is 1.36. The van der Waals surface area contributed by atoms with E-state index in [1.807, 2.05) is 6.07 Å². The zero-order chi connectivity index (χ0) is 28.3. The van der Waals surface area contributed by atoms with Crippen molar-refractivity contribution in [1.29, 1.82) is 0 Å². The molecule has 5 atom stereocenters. The molecule has 2 bridgehead atoms. The Bertz CT molecular complexity index is 1440. The van der Waals surface area contributed by atoms with Crippen LogP contribution in [0.1, 0.15) is 71.7 Å². The van der Waals surface area contributed by atoms with Gasteiger partial charge in [-0.05, 0) is 74.5 Å². The number of benzene rings is 1. The lowest BCUT2D eigenvalue weighted by Crippen LogP contribution is -2.38. The fourth-order valence-corrected chi connectivity index (χ4v) is 7.25. The molecule has 10 heteroatoms. The Kier molecular flexibility index (Phi) is 6.56. The van der Waals surface area contributed by atoms with Gasteiger partial charge in [0.1, 0.15) is 17.3 Å². The third-order valence-electron chi connectivity index (χ3n) is 9.37. The monoisotopic (exact) mass is 567 g/mol. The highest BCUT2D eigenvalue weighted by Crippen LogP contribution is 2.58. The third kappa shape index (κ3) is 4.90. The van der Waals surface area contributed by atoms with E-state index in [2.05, 4.69) is 15.0 Å². The van der Waals surface area contributed by atoms with Gasteiger partial charge in [0.25, 0.3) is 0 Å². The standard InChI is InChI=1S/C31H32F3N3O4/c1-39-30(38)19-10-11-25(35-15-19)37-12-4-5-18-13-20(37)14-22-26(18)29(22)40-16-23-27(36-41-28(23)17-8-9-17)21-6-2-3-7-24(21)31(32,33)34/h2-3,6-7,10-11,15,17-18,20,22,26,29H,4-5,8-9,12-14,16H2,1H3. The number of alkyl halides is 3. The molecule has 0 N–H and O–H groups in total. The van der Waals surface area contributed by atoms with Crippen LogP contribution in [0.2, 0.25) is 0 Å². The smallest absolute Gasteiger partial charge is 0.417 e. The van der Waals surface area contributed by atoms with Crippen LogP contribution in [0.25, 0.3) is 11.3 Å². The molecule has 2 aromatic heterocycles. The number of carbonyl (C=O) groups excluding carboxylic acids is 1. The van der Waals surface area contributed by atoms with Crippen LogP contribution < -0.4 is 4.90 Å². The minimum absolute atomic E-state index is 0.0381. The van der Waals surface area contributed by atoms with Crippen molar-refractivity contribution in [2.75, 3.05) is 18.6 Å². The number of rotatable bonds is 7. The molecule has 3 aromatic rings. The van der Waals surface area contributed by atoms with E-state index >= 15 is 0 Å². The second-order valence-corrected chi connectivity index (χ2v) is 11.8. The third-order valence-corrected chi connectivity index (χ3v) is 9.37. The SMILES string of the molecule is COC(=O)c1ccc(N2CCCC3CC2CC2C(OCc4c(-c5ccccc5C(F)(F)F)noc4C4CC4)C32)nc1. The van der Waals surface area contributed by atoms with Gasteiger partial charge < -0.3 is 18.9 Å². The lowest BCUT2D eigenvalue weighted by atomic mass is 9.84. The van der Waals surface area contributed by atoms with E-state index < -0.39 is 17.7 Å². The molecular formula is C31H32F3N3O4. The Labute approximate surface area is 236 Å². The number of hydrogen-bond donors (Lipinski definition) is 0. The molecule has 0 radical (unpaired) electrons. The minimum Gasteiger partial charge on any atom is -0.465 e. The van der Waals surface area contributed by atoms with Crippen LogP contribution in [-0.4, -0.2) is 41.9 Å². The number of pyridine rings is 1. The average Bonchev–Trinajstić information content (AvgIpc) is 3.90. The predicted octanol–water partition coefficient (Wildman–Crippen LogP) is 6.63. The van der Waals surface area contributed by atoms with Crippen molar-refractivity contribution in [2.45, 2.75) is 69.4 Å². The number of halogens is 3. The molecule has 1 aliphatic heterocycles. The van der Waals surface area contributed by atoms with E-state index in [1.54, 1.807) is 18.3 Å². The molecule has 0 spiro atoms. The van der Waals surface area contributed by atoms with Crippen molar-refractivity contribution in [3.63, 3.8) is 0 Å². The van der Waals surface area contributed by atoms with Gasteiger partial charge in [0, 0.05) is 35.8 Å². The van der Waals surface area contributed by atoms with Gasteiger partial charge >= 0.3 is 12.1 Å². The Balaban J connectivity index is 1.09. The Morgan fingerprint density at radius 2 is 1.95 bits per heavy atom. The molecule has 1 saturated heterocycles. The summed E-state index contributed by atoms with van der Waals surface area (Å²) >= 11 is 0.